The molecule has 0 aliphatic heterocycles. The first kappa shape index (κ1) is 12.9. The lowest BCUT2D eigenvalue weighted by Gasteiger charge is -2.11. The van der Waals surface area contributed by atoms with Gasteiger partial charge in [0.1, 0.15) is 18.4 Å². The van der Waals surface area contributed by atoms with E-state index in [0.717, 1.165) is 0 Å². The molecule has 0 radical (unpaired) electrons. The van der Waals surface area contributed by atoms with Crippen LogP contribution in [0.25, 0.3) is 0 Å². The van der Waals surface area contributed by atoms with E-state index in [9.17, 15) is 10.1 Å². The first-order valence-corrected chi connectivity index (χ1v) is 5.01. The van der Waals surface area contributed by atoms with Gasteiger partial charge >= 0.3 is 0 Å². The number of nitriles is 1. The molecule has 0 aliphatic rings. The number of nitro groups is 1. The molecule has 0 saturated carbocycles. The van der Waals surface area contributed by atoms with Gasteiger partial charge in [-0.3, -0.25) is 10.1 Å². The van der Waals surface area contributed by atoms with Gasteiger partial charge in [0.2, 0.25) is 0 Å². The fourth-order valence-electron chi connectivity index (χ4n) is 1.24. The molecule has 0 spiro atoms. The molecule has 17 heavy (non-hydrogen) atoms. The molecule has 0 N–H and O–H groups in total. The maximum Gasteiger partial charge on any atom is 0.290 e. The van der Waals surface area contributed by atoms with Crippen LogP contribution in [0.2, 0.25) is 0 Å². The average Bonchev–Trinajstić information content (AvgIpc) is 2.28. The predicted molar refractivity (Wildman–Crippen MR) is 61.9 cm³/mol. The normalized spacial score (nSPS) is 10.0. The van der Waals surface area contributed by atoms with E-state index in [-0.39, 0.29) is 17.0 Å². The van der Waals surface area contributed by atoms with E-state index in [2.05, 4.69) is 0 Å². The van der Waals surface area contributed by atoms with Gasteiger partial charge in [0.25, 0.3) is 5.69 Å². The lowest BCUT2D eigenvalue weighted by molar-refractivity contribution is -0.385. The van der Waals surface area contributed by atoms with Gasteiger partial charge in [-0.05, 0) is 20.2 Å². The third-order valence-electron chi connectivity index (χ3n) is 2.11. The second-order valence-corrected chi connectivity index (χ2v) is 3.67. The van der Waals surface area contributed by atoms with Crippen molar-refractivity contribution in [2.75, 3.05) is 27.2 Å². The number of benzene rings is 1. The first-order chi connectivity index (χ1) is 8.06. The number of hydrogen-bond donors (Lipinski definition) is 0. The Labute approximate surface area is 99.2 Å². The van der Waals surface area contributed by atoms with Crippen LogP contribution in [-0.2, 0) is 0 Å². The highest BCUT2D eigenvalue weighted by Crippen LogP contribution is 2.27. The van der Waals surface area contributed by atoms with Crippen LogP contribution < -0.4 is 4.74 Å². The van der Waals surface area contributed by atoms with Crippen LogP contribution in [0.5, 0.6) is 5.75 Å². The van der Waals surface area contributed by atoms with Crippen molar-refractivity contribution in [1.82, 2.24) is 4.90 Å². The van der Waals surface area contributed by atoms with E-state index in [1.807, 2.05) is 19.0 Å². The molecule has 0 amide bonds. The zero-order chi connectivity index (χ0) is 12.8. The van der Waals surface area contributed by atoms with E-state index in [1.54, 1.807) is 12.1 Å². The van der Waals surface area contributed by atoms with Crippen LogP contribution in [0, 0.1) is 21.4 Å². The van der Waals surface area contributed by atoms with Crippen molar-refractivity contribution < 1.29 is 9.66 Å². The van der Waals surface area contributed by atoms with Crippen LogP contribution in [-0.4, -0.2) is 37.1 Å². The summed E-state index contributed by atoms with van der Waals surface area (Å²) < 4.78 is 5.36. The highest BCUT2D eigenvalue weighted by atomic mass is 16.6. The molecule has 0 atom stereocenters. The zero-order valence-electron chi connectivity index (χ0n) is 9.71. The fourth-order valence-corrected chi connectivity index (χ4v) is 1.24. The second-order valence-electron chi connectivity index (χ2n) is 3.67. The Hall–Kier alpha value is -2.13. The van der Waals surface area contributed by atoms with Crippen molar-refractivity contribution in [2.45, 2.75) is 0 Å². The third kappa shape index (κ3) is 3.43. The van der Waals surface area contributed by atoms with Gasteiger partial charge in [0.05, 0.1) is 4.92 Å². The van der Waals surface area contributed by atoms with E-state index in [1.165, 1.54) is 12.1 Å². The number of likely N-dealkylation sites (N-methyl/N-ethyl adjacent to an activating group) is 1. The zero-order valence-corrected chi connectivity index (χ0v) is 9.71. The molecule has 0 unspecified atom stereocenters. The van der Waals surface area contributed by atoms with Gasteiger partial charge in [-0.25, -0.2) is 0 Å². The molecule has 0 fully saturated rings. The van der Waals surface area contributed by atoms with Crippen molar-refractivity contribution >= 4 is 5.69 Å². The maximum absolute atomic E-state index is 10.7. The van der Waals surface area contributed by atoms with Crippen LogP contribution in [0.4, 0.5) is 5.69 Å². The summed E-state index contributed by atoms with van der Waals surface area (Å²) in [6.07, 6.45) is 0. The minimum atomic E-state index is -0.586. The van der Waals surface area contributed by atoms with Gasteiger partial charge in [-0.2, -0.15) is 5.26 Å². The molecule has 1 aromatic carbocycles. The molecule has 0 bridgehead atoms. The molecule has 6 heteroatoms. The molecule has 90 valence electrons. The second kappa shape index (κ2) is 5.82. The summed E-state index contributed by atoms with van der Waals surface area (Å²) in [6, 6.07) is 6.15. The van der Waals surface area contributed by atoms with E-state index < -0.39 is 4.92 Å². The average molecular weight is 235 g/mol. The molecule has 0 aromatic heterocycles. The van der Waals surface area contributed by atoms with Crippen LogP contribution >= 0.6 is 0 Å². The Morgan fingerprint density at radius 2 is 2.24 bits per heavy atom. The van der Waals surface area contributed by atoms with E-state index in [0.29, 0.717) is 13.2 Å². The smallest absolute Gasteiger partial charge is 0.290 e. The molecule has 1 aromatic rings. The molecule has 0 heterocycles. The Morgan fingerprint density at radius 1 is 1.53 bits per heavy atom. The van der Waals surface area contributed by atoms with Crippen LogP contribution in [0.15, 0.2) is 18.2 Å². The largest absolute Gasteiger partial charge is 0.491 e. The number of ether oxygens (including phenoxy) is 1. The summed E-state index contributed by atoms with van der Waals surface area (Å²) in [5.41, 5.74) is -0.258. The first-order valence-electron chi connectivity index (χ1n) is 5.01. The molecule has 0 saturated heterocycles. The summed E-state index contributed by atoms with van der Waals surface area (Å²) in [7, 11) is 3.78. The Bertz CT molecular complexity index is 452. The monoisotopic (exact) mass is 235 g/mol. The van der Waals surface area contributed by atoms with Gasteiger partial charge in [0, 0.05) is 12.6 Å². The third-order valence-corrected chi connectivity index (χ3v) is 2.11. The van der Waals surface area contributed by atoms with Crippen molar-refractivity contribution in [3.63, 3.8) is 0 Å². The Morgan fingerprint density at radius 3 is 2.76 bits per heavy atom. The number of hydrogen-bond acceptors (Lipinski definition) is 5. The topological polar surface area (TPSA) is 79.4 Å². The molecular weight excluding hydrogens is 222 g/mol. The van der Waals surface area contributed by atoms with Gasteiger partial charge in [0.15, 0.2) is 5.56 Å². The minimum Gasteiger partial charge on any atom is -0.491 e. The summed E-state index contributed by atoms with van der Waals surface area (Å²) in [5, 5.41) is 19.6. The van der Waals surface area contributed by atoms with Crippen molar-refractivity contribution in [1.29, 1.82) is 5.26 Å². The lowest BCUT2D eigenvalue weighted by atomic mass is 10.2. The summed E-state index contributed by atoms with van der Waals surface area (Å²) in [6.45, 7) is 1.05. The highest BCUT2D eigenvalue weighted by molar-refractivity contribution is 5.56. The predicted octanol–water partition coefficient (Wildman–Crippen LogP) is 1.41. The standard InChI is InChI=1S/C11H13N3O3/c1-13(2)6-7-17-11-5-3-4-10(14(15)16)9(11)8-12/h3-5H,6-7H2,1-2H3. The lowest BCUT2D eigenvalue weighted by Crippen LogP contribution is -2.19. The Balaban J connectivity index is 2.89. The van der Waals surface area contributed by atoms with Crippen molar-refractivity contribution in [3.8, 4) is 11.8 Å². The molecule has 0 aliphatic carbocycles. The minimum absolute atomic E-state index is 0.0312. The number of nitrogens with zero attached hydrogens (tertiary/aromatic N) is 3. The van der Waals surface area contributed by atoms with E-state index >= 15 is 0 Å². The number of nitro benzene ring substituents is 1. The fraction of sp³-hybridized carbons (Fsp3) is 0.364. The summed E-state index contributed by atoms with van der Waals surface area (Å²) >= 11 is 0. The van der Waals surface area contributed by atoms with E-state index in [4.69, 9.17) is 10.00 Å². The highest BCUT2D eigenvalue weighted by Gasteiger charge is 2.17. The summed E-state index contributed by atoms with van der Waals surface area (Å²) in [4.78, 5) is 12.0. The van der Waals surface area contributed by atoms with Gasteiger partial charge in [-0.1, -0.05) is 6.07 Å². The SMILES string of the molecule is CN(C)CCOc1cccc([N+](=O)[O-])c1C#N. The van der Waals surface area contributed by atoms with Crippen molar-refractivity contribution in [3.05, 3.63) is 33.9 Å². The molecular formula is C11H13N3O3. The number of rotatable bonds is 5. The van der Waals surface area contributed by atoms with Crippen LogP contribution in [0.3, 0.4) is 0 Å². The maximum atomic E-state index is 10.7. The molecule has 1 rings (SSSR count). The van der Waals surface area contributed by atoms with Gasteiger partial charge < -0.3 is 9.64 Å². The summed E-state index contributed by atoms with van der Waals surface area (Å²) in [5.74, 6) is 0.253. The van der Waals surface area contributed by atoms with Crippen LogP contribution in [0.1, 0.15) is 5.56 Å². The van der Waals surface area contributed by atoms with Gasteiger partial charge in [-0.15, -0.1) is 0 Å². The molecule has 6 nitrogen and oxygen atoms in total. The Kier molecular flexibility index (Phi) is 4.43. The quantitative estimate of drug-likeness (QED) is 0.569. The van der Waals surface area contributed by atoms with Crippen molar-refractivity contribution in [2.24, 2.45) is 0 Å².